The van der Waals surface area contributed by atoms with E-state index in [1.165, 1.54) is 38.5 Å². The Hall–Kier alpha value is -1.75. The molecule has 5 heteroatoms. The van der Waals surface area contributed by atoms with Crippen LogP contribution in [0.15, 0.2) is 18.2 Å². The SMILES string of the molecule is COc1cc(CNC2CCCCCC2)ccc1OCC(N)=O. The van der Waals surface area contributed by atoms with E-state index in [-0.39, 0.29) is 6.61 Å². The fourth-order valence-corrected chi connectivity index (χ4v) is 2.84. The lowest BCUT2D eigenvalue weighted by Crippen LogP contribution is -2.27. The van der Waals surface area contributed by atoms with E-state index in [0.29, 0.717) is 17.5 Å². The smallest absolute Gasteiger partial charge is 0.255 e. The zero-order valence-electron chi connectivity index (χ0n) is 13.3. The molecule has 0 heterocycles. The van der Waals surface area contributed by atoms with Crippen molar-refractivity contribution in [3.8, 4) is 11.5 Å². The average molecular weight is 306 g/mol. The average Bonchev–Trinajstić information content (AvgIpc) is 2.79. The molecular weight excluding hydrogens is 280 g/mol. The third-order valence-corrected chi connectivity index (χ3v) is 4.05. The second-order valence-electron chi connectivity index (χ2n) is 5.81. The Morgan fingerprint density at radius 3 is 2.59 bits per heavy atom. The number of carbonyl (C=O) groups is 1. The van der Waals surface area contributed by atoms with Gasteiger partial charge in [0.05, 0.1) is 7.11 Å². The van der Waals surface area contributed by atoms with Gasteiger partial charge in [-0.1, -0.05) is 31.7 Å². The topological polar surface area (TPSA) is 73.6 Å². The van der Waals surface area contributed by atoms with E-state index in [1.54, 1.807) is 7.11 Å². The maximum absolute atomic E-state index is 10.8. The lowest BCUT2D eigenvalue weighted by atomic mass is 10.1. The highest BCUT2D eigenvalue weighted by molar-refractivity contribution is 5.75. The Kier molecular flexibility index (Phi) is 6.52. The van der Waals surface area contributed by atoms with Gasteiger partial charge in [-0.15, -0.1) is 0 Å². The minimum Gasteiger partial charge on any atom is -0.493 e. The molecule has 0 bridgehead atoms. The molecule has 1 aliphatic carbocycles. The van der Waals surface area contributed by atoms with Gasteiger partial charge in [-0.25, -0.2) is 0 Å². The molecule has 1 amide bonds. The number of ether oxygens (including phenoxy) is 2. The summed E-state index contributed by atoms with van der Waals surface area (Å²) in [5, 5.41) is 3.63. The molecule has 22 heavy (non-hydrogen) atoms. The maximum atomic E-state index is 10.8. The third-order valence-electron chi connectivity index (χ3n) is 4.05. The fraction of sp³-hybridized carbons (Fsp3) is 0.588. The summed E-state index contributed by atoms with van der Waals surface area (Å²) >= 11 is 0. The normalized spacial score (nSPS) is 16.0. The standard InChI is InChI=1S/C17H26N2O3/c1-21-16-10-13(8-9-15(16)22-12-17(18)20)11-19-14-6-4-2-3-5-7-14/h8-10,14,19H,2-7,11-12H2,1H3,(H2,18,20). The van der Waals surface area contributed by atoms with Crippen LogP contribution in [0.25, 0.3) is 0 Å². The predicted molar refractivity (Wildman–Crippen MR) is 86.0 cm³/mol. The Morgan fingerprint density at radius 2 is 1.95 bits per heavy atom. The van der Waals surface area contributed by atoms with Gasteiger partial charge in [-0.05, 0) is 30.5 Å². The van der Waals surface area contributed by atoms with Gasteiger partial charge in [0.15, 0.2) is 18.1 Å². The number of methoxy groups -OCH3 is 1. The molecular formula is C17H26N2O3. The highest BCUT2D eigenvalue weighted by atomic mass is 16.5. The molecule has 0 saturated heterocycles. The minimum absolute atomic E-state index is 0.143. The van der Waals surface area contributed by atoms with Crippen LogP contribution in [0, 0.1) is 0 Å². The van der Waals surface area contributed by atoms with E-state index in [2.05, 4.69) is 5.32 Å². The lowest BCUT2D eigenvalue weighted by Gasteiger charge is -2.17. The van der Waals surface area contributed by atoms with Crippen LogP contribution in [0.5, 0.6) is 11.5 Å². The van der Waals surface area contributed by atoms with Crippen molar-refractivity contribution in [2.24, 2.45) is 5.73 Å². The van der Waals surface area contributed by atoms with E-state index in [9.17, 15) is 4.79 Å². The second kappa shape index (κ2) is 8.63. The van der Waals surface area contributed by atoms with E-state index < -0.39 is 5.91 Å². The number of amides is 1. The van der Waals surface area contributed by atoms with Gasteiger partial charge in [0.25, 0.3) is 5.91 Å². The molecule has 2 rings (SSSR count). The fourth-order valence-electron chi connectivity index (χ4n) is 2.84. The molecule has 0 radical (unpaired) electrons. The van der Waals surface area contributed by atoms with Gasteiger partial charge in [0.1, 0.15) is 0 Å². The number of hydrogen-bond donors (Lipinski definition) is 2. The van der Waals surface area contributed by atoms with Gasteiger partial charge in [-0.3, -0.25) is 4.79 Å². The summed E-state index contributed by atoms with van der Waals surface area (Å²) in [6.45, 7) is 0.674. The number of hydrogen-bond acceptors (Lipinski definition) is 4. The summed E-state index contributed by atoms with van der Waals surface area (Å²) in [6.07, 6.45) is 7.88. The summed E-state index contributed by atoms with van der Waals surface area (Å²) in [5.41, 5.74) is 6.24. The van der Waals surface area contributed by atoms with Gasteiger partial charge in [0, 0.05) is 12.6 Å². The first-order chi connectivity index (χ1) is 10.7. The number of rotatable bonds is 7. The zero-order valence-corrected chi connectivity index (χ0v) is 13.3. The number of nitrogens with one attached hydrogen (secondary N) is 1. The molecule has 1 aliphatic rings. The van der Waals surface area contributed by atoms with Crippen LogP contribution in [0.3, 0.4) is 0 Å². The van der Waals surface area contributed by atoms with Crippen molar-refractivity contribution in [1.29, 1.82) is 0 Å². The molecule has 1 aromatic rings. The summed E-state index contributed by atoms with van der Waals surface area (Å²) < 4.78 is 10.7. The summed E-state index contributed by atoms with van der Waals surface area (Å²) in [4.78, 5) is 10.8. The van der Waals surface area contributed by atoms with Crippen molar-refractivity contribution in [2.75, 3.05) is 13.7 Å². The van der Waals surface area contributed by atoms with Crippen LogP contribution in [0.2, 0.25) is 0 Å². The van der Waals surface area contributed by atoms with Crippen LogP contribution in [0.1, 0.15) is 44.1 Å². The van der Waals surface area contributed by atoms with Crippen molar-refractivity contribution in [1.82, 2.24) is 5.32 Å². The van der Waals surface area contributed by atoms with E-state index in [1.807, 2.05) is 18.2 Å². The molecule has 0 aromatic heterocycles. The van der Waals surface area contributed by atoms with Crippen molar-refractivity contribution < 1.29 is 14.3 Å². The molecule has 0 aliphatic heterocycles. The third kappa shape index (κ3) is 5.22. The monoisotopic (exact) mass is 306 g/mol. The van der Waals surface area contributed by atoms with Crippen LogP contribution in [0.4, 0.5) is 0 Å². The Morgan fingerprint density at radius 1 is 1.23 bits per heavy atom. The number of primary amides is 1. The summed E-state index contributed by atoms with van der Waals surface area (Å²) in [7, 11) is 1.59. The van der Waals surface area contributed by atoms with Crippen LogP contribution in [-0.4, -0.2) is 25.7 Å². The Bertz CT molecular complexity index is 483. The number of carbonyl (C=O) groups excluding carboxylic acids is 1. The molecule has 3 N–H and O–H groups in total. The largest absolute Gasteiger partial charge is 0.493 e. The van der Waals surface area contributed by atoms with Gasteiger partial charge in [0.2, 0.25) is 0 Å². The predicted octanol–water partition coefficient (Wildman–Crippen LogP) is 2.37. The summed E-state index contributed by atoms with van der Waals surface area (Å²) in [5.74, 6) is 0.669. The first kappa shape index (κ1) is 16.6. The quantitative estimate of drug-likeness (QED) is 0.759. The van der Waals surface area contributed by atoms with Gasteiger partial charge in [-0.2, -0.15) is 0 Å². The van der Waals surface area contributed by atoms with Gasteiger partial charge < -0.3 is 20.5 Å². The first-order valence-electron chi connectivity index (χ1n) is 8.00. The van der Waals surface area contributed by atoms with Gasteiger partial charge >= 0.3 is 0 Å². The Balaban J connectivity index is 1.92. The molecule has 1 fully saturated rings. The molecule has 0 atom stereocenters. The molecule has 5 nitrogen and oxygen atoms in total. The van der Waals surface area contributed by atoms with E-state index in [0.717, 1.165) is 12.1 Å². The lowest BCUT2D eigenvalue weighted by molar-refractivity contribution is -0.119. The van der Waals surface area contributed by atoms with Crippen LogP contribution < -0.4 is 20.5 Å². The molecule has 122 valence electrons. The molecule has 0 unspecified atom stereocenters. The number of benzene rings is 1. The van der Waals surface area contributed by atoms with Crippen molar-refractivity contribution in [3.63, 3.8) is 0 Å². The van der Waals surface area contributed by atoms with Crippen LogP contribution >= 0.6 is 0 Å². The van der Waals surface area contributed by atoms with Crippen molar-refractivity contribution in [3.05, 3.63) is 23.8 Å². The zero-order chi connectivity index (χ0) is 15.8. The molecule has 0 spiro atoms. The molecule has 1 saturated carbocycles. The maximum Gasteiger partial charge on any atom is 0.255 e. The minimum atomic E-state index is -0.499. The molecule has 1 aromatic carbocycles. The second-order valence-corrected chi connectivity index (χ2v) is 5.81. The van der Waals surface area contributed by atoms with Crippen LogP contribution in [-0.2, 0) is 11.3 Å². The summed E-state index contributed by atoms with van der Waals surface area (Å²) in [6, 6.07) is 6.37. The van der Waals surface area contributed by atoms with Crippen molar-refractivity contribution in [2.45, 2.75) is 51.1 Å². The highest BCUT2D eigenvalue weighted by Crippen LogP contribution is 2.28. The first-order valence-corrected chi connectivity index (χ1v) is 8.00. The highest BCUT2D eigenvalue weighted by Gasteiger charge is 2.12. The Labute approximate surface area is 132 Å². The number of nitrogens with two attached hydrogens (primary N) is 1. The van der Waals surface area contributed by atoms with Crippen molar-refractivity contribution >= 4 is 5.91 Å². The van der Waals surface area contributed by atoms with E-state index >= 15 is 0 Å². The van der Waals surface area contributed by atoms with E-state index in [4.69, 9.17) is 15.2 Å².